The Morgan fingerprint density at radius 2 is 1.96 bits per heavy atom. The lowest BCUT2D eigenvalue weighted by Gasteiger charge is -2.15. The van der Waals surface area contributed by atoms with E-state index in [0.29, 0.717) is 12.4 Å². The van der Waals surface area contributed by atoms with Gasteiger partial charge in [-0.2, -0.15) is 0 Å². The van der Waals surface area contributed by atoms with Crippen molar-refractivity contribution in [2.45, 2.75) is 37.6 Å². The normalized spacial score (nSPS) is 11.8. The van der Waals surface area contributed by atoms with Crippen LogP contribution in [0.1, 0.15) is 25.5 Å². The zero-order valence-corrected chi connectivity index (χ0v) is 16.4. The number of carbonyl (C=O) groups is 3. The Hall–Kier alpha value is -2.81. The summed E-state index contributed by atoms with van der Waals surface area (Å²) >= 11 is 1.29. The molecule has 1 aromatic heterocycles. The summed E-state index contributed by atoms with van der Waals surface area (Å²) in [6.45, 7) is 4.26. The minimum atomic E-state index is -1.18. The number of amides is 1. The number of carbonyl (C=O) groups excluding carboxylic acids is 1. The van der Waals surface area contributed by atoms with Crippen molar-refractivity contribution in [3.8, 4) is 5.75 Å². The molecule has 1 unspecified atom stereocenters. The van der Waals surface area contributed by atoms with E-state index in [4.69, 9.17) is 9.84 Å². The summed E-state index contributed by atoms with van der Waals surface area (Å²) in [4.78, 5) is 39.1. The Labute approximate surface area is 166 Å². The van der Waals surface area contributed by atoms with Crippen LogP contribution in [-0.2, 0) is 14.4 Å². The molecule has 9 heteroatoms. The molecule has 0 radical (unpaired) electrons. The van der Waals surface area contributed by atoms with Crippen LogP contribution in [0.2, 0.25) is 0 Å². The topological polar surface area (TPSA) is 126 Å². The largest absolute Gasteiger partial charge is 0.494 e. The fourth-order valence-electron chi connectivity index (χ4n) is 2.51. The zero-order valence-electron chi connectivity index (χ0n) is 15.6. The van der Waals surface area contributed by atoms with E-state index in [1.165, 1.54) is 11.8 Å². The Bertz CT molecular complexity index is 886. The third-order valence-electron chi connectivity index (χ3n) is 3.79. The number of fused-ring (bicyclic) bond motifs is 1. The number of ether oxygens (including phenoxy) is 1. The van der Waals surface area contributed by atoms with Gasteiger partial charge in [0, 0.05) is 28.1 Å². The summed E-state index contributed by atoms with van der Waals surface area (Å²) < 4.78 is 5.53. The van der Waals surface area contributed by atoms with Gasteiger partial charge < -0.3 is 20.3 Å². The van der Waals surface area contributed by atoms with Crippen LogP contribution in [0.5, 0.6) is 5.75 Å². The number of rotatable bonds is 10. The van der Waals surface area contributed by atoms with E-state index in [0.717, 1.165) is 21.5 Å². The first-order valence-electron chi connectivity index (χ1n) is 8.71. The summed E-state index contributed by atoms with van der Waals surface area (Å²) in [5.41, 5.74) is 1.56. The molecule has 0 aliphatic heterocycles. The highest BCUT2D eigenvalue weighted by Gasteiger charge is 2.21. The van der Waals surface area contributed by atoms with Gasteiger partial charge in [-0.25, -0.2) is 4.79 Å². The van der Waals surface area contributed by atoms with Crippen LogP contribution in [0, 0.1) is 6.92 Å². The molecular weight excluding hydrogens is 384 g/mol. The molecule has 0 saturated carbocycles. The van der Waals surface area contributed by atoms with Crippen molar-refractivity contribution >= 4 is 40.5 Å². The molecule has 0 saturated heterocycles. The molecule has 0 aliphatic rings. The molecule has 1 atom stereocenters. The fourth-order valence-corrected chi connectivity index (χ4v) is 3.66. The van der Waals surface area contributed by atoms with Gasteiger partial charge in [-0.1, -0.05) is 0 Å². The lowest BCUT2D eigenvalue weighted by Crippen LogP contribution is -2.42. The lowest BCUT2D eigenvalue weighted by molar-refractivity contribution is -0.141. The van der Waals surface area contributed by atoms with E-state index in [-0.39, 0.29) is 18.6 Å². The Morgan fingerprint density at radius 1 is 1.21 bits per heavy atom. The number of pyridine rings is 1. The minimum absolute atomic E-state index is 0.0888. The Kier molecular flexibility index (Phi) is 7.62. The summed E-state index contributed by atoms with van der Waals surface area (Å²) in [5.74, 6) is -2.11. The number of hydrogen-bond donors (Lipinski definition) is 3. The number of carboxylic acid groups (broad SMARTS) is 2. The monoisotopic (exact) mass is 406 g/mol. The van der Waals surface area contributed by atoms with Gasteiger partial charge in [-0.05, 0) is 38.1 Å². The van der Waals surface area contributed by atoms with E-state index in [9.17, 15) is 19.5 Å². The number of carboxylic acids is 2. The first kappa shape index (κ1) is 21.5. The average Bonchev–Trinajstić information content (AvgIpc) is 2.63. The molecule has 3 N–H and O–H groups in total. The molecule has 0 fully saturated rings. The third-order valence-corrected chi connectivity index (χ3v) is 4.93. The van der Waals surface area contributed by atoms with Gasteiger partial charge in [0.1, 0.15) is 11.8 Å². The van der Waals surface area contributed by atoms with Crippen molar-refractivity contribution in [2.24, 2.45) is 0 Å². The second-order valence-electron chi connectivity index (χ2n) is 6.04. The number of thioether (sulfide) groups is 1. The number of aryl methyl sites for hydroxylation is 1. The van der Waals surface area contributed by atoms with E-state index in [1.807, 2.05) is 38.1 Å². The van der Waals surface area contributed by atoms with E-state index < -0.39 is 23.9 Å². The minimum Gasteiger partial charge on any atom is -0.494 e. The van der Waals surface area contributed by atoms with Crippen molar-refractivity contribution in [3.05, 3.63) is 30.0 Å². The number of benzene rings is 1. The molecular formula is C19H22N2O6S. The van der Waals surface area contributed by atoms with E-state index in [2.05, 4.69) is 10.3 Å². The number of aromatic nitrogens is 1. The molecule has 2 rings (SSSR count). The van der Waals surface area contributed by atoms with Crippen molar-refractivity contribution in [3.63, 3.8) is 0 Å². The number of aliphatic carboxylic acids is 2. The fraction of sp³-hybridized carbons (Fsp3) is 0.368. The molecule has 0 aliphatic carbocycles. The zero-order chi connectivity index (χ0) is 20.7. The van der Waals surface area contributed by atoms with Gasteiger partial charge in [-0.15, -0.1) is 11.8 Å². The van der Waals surface area contributed by atoms with Crippen molar-refractivity contribution in [1.29, 1.82) is 0 Å². The van der Waals surface area contributed by atoms with E-state index in [1.54, 1.807) is 0 Å². The summed E-state index contributed by atoms with van der Waals surface area (Å²) in [7, 11) is 0. The van der Waals surface area contributed by atoms with Crippen LogP contribution in [0.4, 0.5) is 0 Å². The van der Waals surface area contributed by atoms with Crippen LogP contribution in [0.3, 0.4) is 0 Å². The molecule has 0 spiro atoms. The van der Waals surface area contributed by atoms with Gasteiger partial charge in [0.25, 0.3) is 0 Å². The predicted octanol–water partition coefficient (Wildman–Crippen LogP) is 2.47. The maximum Gasteiger partial charge on any atom is 0.327 e. The molecule has 28 heavy (non-hydrogen) atoms. The maximum absolute atomic E-state index is 11.8. The van der Waals surface area contributed by atoms with Crippen LogP contribution >= 0.6 is 11.8 Å². The molecule has 1 amide bonds. The van der Waals surface area contributed by atoms with Crippen LogP contribution in [0.15, 0.2) is 29.2 Å². The lowest BCUT2D eigenvalue weighted by atomic mass is 10.2. The molecule has 0 bridgehead atoms. The first-order valence-corrected chi connectivity index (χ1v) is 9.69. The summed E-state index contributed by atoms with van der Waals surface area (Å²) in [6.07, 6.45) is -0.613. The quantitative estimate of drug-likeness (QED) is 0.514. The van der Waals surface area contributed by atoms with Crippen LogP contribution in [-0.4, -0.2) is 51.4 Å². The van der Waals surface area contributed by atoms with Gasteiger partial charge in [0.05, 0.1) is 18.5 Å². The standard InChI is InChI=1S/C19H22N2O6S/c1-3-27-12-4-5-14-13(9-12)16(8-11(2)20-14)28-10-15(19(25)26)21-17(22)6-7-18(23)24/h4-5,8-9,15H,3,6-7,10H2,1-2H3,(H,21,22)(H,23,24)(H,25,26). The third kappa shape index (κ3) is 6.12. The van der Waals surface area contributed by atoms with Crippen molar-refractivity contribution in [2.75, 3.05) is 12.4 Å². The predicted molar refractivity (Wildman–Crippen MR) is 105 cm³/mol. The van der Waals surface area contributed by atoms with Crippen molar-refractivity contribution in [1.82, 2.24) is 10.3 Å². The second-order valence-corrected chi connectivity index (χ2v) is 7.10. The number of nitrogens with zero attached hydrogens (tertiary/aromatic N) is 1. The highest BCUT2D eigenvalue weighted by molar-refractivity contribution is 7.99. The van der Waals surface area contributed by atoms with Gasteiger partial charge in [-0.3, -0.25) is 14.6 Å². The highest BCUT2D eigenvalue weighted by Crippen LogP contribution is 2.31. The maximum atomic E-state index is 11.8. The van der Waals surface area contributed by atoms with Crippen LogP contribution < -0.4 is 10.1 Å². The van der Waals surface area contributed by atoms with Gasteiger partial charge >= 0.3 is 11.9 Å². The van der Waals surface area contributed by atoms with Gasteiger partial charge in [0.2, 0.25) is 5.91 Å². The molecule has 150 valence electrons. The van der Waals surface area contributed by atoms with Crippen LogP contribution in [0.25, 0.3) is 10.9 Å². The summed E-state index contributed by atoms with van der Waals surface area (Å²) in [5, 5.41) is 21.2. The Morgan fingerprint density at radius 3 is 2.61 bits per heavy atom. The average molecular weight is 406 g/mol. The Balaban J connectivity index is 2.16. The van der Waals surface area contributed by atoms with E-state index >= 15 is 0 Å². The van der Waals surface area contributed by atoms with Crippen molar-refractivity contribution < 1.29 is 29.3 Å². The second kappa shape index (κ2) is 9.93. The SMILES string of the molecule is CCOc1ccc2nc(C)cc(SCC(NC(=O)CCC(=O)O)C(=O)O)c2c1. The first-order chi connectivity index (χ1) is 13.3. The van der Waals surface area contributed by atoms with Gasteiger partial charge in [0.15, 0.2) is 0 Å². The molecule has 2 aromatic rings. The number of hydrogen-bond acceptors (Lipinski definition) is 6. The highest BCUT2D eigenvalue weighted by atomic mass is 32.2. The molecule has 1 heterocycles. The summed E-state index contributed by atoms with van der Waals surface area (Å²) in [6, 6.07) is 6.25. The smallest absolute Gasteiger partial charge is 0.327 e. The molecule has 1 aromatic carbocycles. The number of nitrogens with one attached hydrogen (secondary N) is 1. The molecule has 8 nitrogen and oxygen atoms in total.